The molecule has 3 aliphatic rings. The van der Waals surface area contributed by atoms with E-state index < -0.39 is 0 Å². The van der Waals surface area contributed by atoms with Gasteiger partial charge in [-0.1, -0.05) is 6.42 Å². The summed E-state index contributed by atoms with van der Waals surface area (Å²) in [6, 6.07) is 0.464. The van der Waals surface area contributed by atoms with Gasteiger partial charge in [0.15, 0.2) is 0 Å². The SMILES string of the molecule is O=C([C@@H]1CCNC1)N1CCOC[C@@H]2CCC[C@@H]21. The maximum absolute atomic E-state index is 12.5. The highest BCUT2D eigenvalue weighted by Crippen LogP contribution is 2.33. The average Bonchev–Trinajstić information content (AvgIpc) is 2.97. The van der Waals surface area contributed by atoms with E-state index >= 15 is 0 Å². The van der Waals surface area contributed by atoms with Crippen LogP contribution in [0.4, 0.5) is 0 Å². The molecule has 2 aliphatic heterocycles. The van der Waals surface area contributed by atoms with Crippen LogP contribution in [-0.2, 0) is 9.53 Å². The molecule has 1 aliphatic carbocycles. The molecule has 0 bridgehead atoms. The molecule has 0 unspecified atom stereocenters. The lowest BCUT2D eigenvalue weighted by atomic mass is 10.0. The second kappa shape index (κ2) is 4.94. The Labute approximate surface area is 103 Å². The van der Waals surface area contributed by atoms with Crippen LogP contribution in [0.2, 0.25) is 0 Å². The molecule has 2 heterocycles. The molecule has 2 saturated heterocycles. The molecule has 0 spiro atoms. The number of rotatable bonds is 1. The first-order valence-corrected chi connectivity index (χ1v) is 6.95. The first-order valence-electron chi connectivity index (χ1n) is 6.95. The summed E-state index contributed by atoms with van der Waals surface area (Å²) < 4.78 is 5.64. The summed E-state index contributed by atoms with van der Waals surface area (Å²) in [6.45, 7) is 4.25. The highest BCUT2D eigenvalue weighted by molar-refractivity contribution is 5.79. The Kier molecular flexibility index (Phi) is 3.34. The zero-order chi connectivity index (χ0) is 11.7. The van der Waals surface area contributed by atoms with Gasteiger partial charge in [0.05, 0.1) is 19.1 Å². The van der Waals surface area contributed by atoms with Crippen molar-refractivity contribution in [3.05, 3.63) is 0 Å². The lowest BCUT2D eigenvalue weighted by Crippen LogP contribution is -2.46. The topological polar surface area (TPSA) is 41.6 Å². The zero-order valence-electron chi connectivity index (χ0n) is 10.4. The lowest BCUT2D eigenvalue weighted by Gasteiger charge is -2.31. The van der Waals surface area contributed by atoms with Gasteiger partial charge in [-0.15, -0.1) is 0 Å². The molecule has 3 fully saturated rings. The van der Waals surface area contributed by atoms with E-state index in [1.54, 1.807) is 0 Å². The number of nitrogens with one attached hydrogen (secondary N) is 1. The Balaban J connectivity index is 1.72. The predicted octanol–water partition coefficient (Wildman–Crippen LogP) is 0.623. The van der Waals surface area contributed by atoms with E-state index in [-0.39, 0.29) is 5.92 Å². The Morgan fingerprint density at radius 2 is 2.24 bits per heavy atom. The molecule has 96 valence electrons. The maximum atomic E-state index is 12.5. The van der Waals surface area contributed by atoms with E-state index in [2.05, 4.69) is 10.2 Å². The summed E-state index contributed by atoms with van der Waals surface area (Å²) in [7, 11) is 0. The van der Waals surface area contributed by atoms with E-state index in [0.717, 1.165) is 39.3 Å². The van der Waals surface area contributed by atoms with E-state index in [9.17, 15) is 4.79 Å². The van der Waals surface area contributed by atoms with E-state index in [1.165, 1.54) is 19.3 Å². The van der Waals surface area contributed by atoms with Gasteiger partial charge >= 0.3 is 0 Å². The first kappa shape index (κ1) is 11.5. The molecule has 0 aromatic heterocycles. The van der Waals surface area contributed by atoms with Crippen molar-refractivity contribution < 1.29 is 9.53 Å². The van der Waals surface area contributed by atoms with Gasteiger partial charge in [-0.2, -0.15) is 0 Å². The van der Waals surface area contributed by atoms with Crippen LogP contribution in [0.5, 0.6) is 0 Å². The smallest absolute Gasteiger partial charge is 0.227 e. The van der Waals surface area contributed by atoms with Gasteiger partial charge in [0.2, 0.25) is 5.91 Å². The van der Waals surface area contributed by atoms with Crippen molar-refractivity contribution >= 4 is 5.91 Å². The molecule has 17 heavy (non-hydrogen) atoms. The van der Waals surface area contributed by atoms with Gasteiger partial charge in [-0.25, -0.2) is 0 Å². The normalized spacial score (nSPS) is 37.9. The maximum Gasteiger partial charge on any atom is 0.227 e. The van der Waals surface area contributed by atoms with Gasteiger partial charge in [0.1, 0.15) is 0 Å². The fourth-order valence-corrected chi connectivity index (χ4v) is 3.56. The average molecular weight is 238 g/mol. The highest BCUT2D eigenvalue weighted by atomic mass is 16.5. The Bertz CT molecular complexity index is 289. The van der Waals surface area contributed by atoms with Crippen LogP contribution < -0.4 is 5.32 Å². The van der Waals surface area contributed by atoms with Gasteiger partial charge in [-0.3, -0.25) is 4.79 Å². The first-order chi connectivity index (χ1) is 8.36. The van der Waals surface area contributed by atoms with Crippen LogP contribution in [0.15, 0.2) is 0 Å². The third-order valence-corrected chi connectivity index (χ3v) is 4.52. The molecular formula is C13H22N2O2. The van der Waals surface area contributed by atoms with Crippen LogP contribution in [-0.4, -0.2) is 49.7 Å². The summed E-state index contributed by atoms with van der Waals surface area (Å²) >= 11 is 0. The summed E-state index contributed by atoms with van der Waals surface area (Å²) in [4.78, 5) is 14.7. The Morgan fingerprint density at radius 3 is 3.06 bits per heavy atom. The Morgan fingerprint density at radius 1 is 1.29 bits per heavy atom. The molecule has 0 radical (unpaired) electrons. The largest absolute Gasteiger partial charge is 0.379 e. The van der Waals surface area contributed by atoms with E-state index in [4.69, 9.17) is 4.74 Å². The number of nitrogens with zero attached hydrogens (tertiary/aromatic N) is 1. The number of amides is 1. The van der Waals surface area contributed by atoms with Crippen molar-refractivity contribution in [2.45, 2.75) is 31.7 Å². The van der Waals surface area contributed by atoms with Crippen molar-refractivity contribution in [2.75, 3.05) is 32.8 Å². The monoisotopic (exact) mass is 238 g/mol. The van der Waals surface area contributed by atoms with Gasteiger partial charge in [0.25, 0.3) is 0 Å². The summed E-state index contributed by atoms with van der Waals surface area (Å²) in [6.07, 6.45) is 4.68. The van der Waals surface area contributed by atoms with Crippen LogP contribution in [0.3, 0.4) is 0 Å². The van der Waals surface area contributed by atoms with Crippen molar-refractivity contribution in [3.8, 4) is 0 Å². The number of fused-ring (bicyclic) bond motifs is 1. The standard InChI is InChI=1S/C13H22N2O2/c16-13(10-4-5-14-8-10)15-6-7-17-9-11-2-1-3-12(11)15/h10-12,14H,1-9H2/t10-,11+,12+/m1/s1. The molecule has 3 rings (SSSR count). The van der Waals surface area contributed by atoms with Gasteiger partial charge in [0, 0.05) is 25.0 Å². The molecule has 1 N–H and O–H groups in total. The number of hydrogen-bond acceptors (Lipinski definition) is 3. The number of carbonyl (C=O) groups is 1. The Hall–Kier alpha value is -0.610. The fraction of sp³-hybridized carbons (Fsp3) is 0.923. The third-order valence-electron chi connectivity index (χ3n) is 4.52. The molecule has 4 nitrogen and oxygen atoms in total. The molecule has 1 amide bonds. The van der Waals surface area contributed by atoms with Crippen LogP contribution in [0.25, 0.3) is 0 Å². The second-order valence-corrected chi connectivity index (χ2v) is 5.55. The van der Waals surface area contributed by atoms with Crippen molar-refractivity contribution in [1.82, 2.24) is 10.2 Å². The molecular weight excluding hydrogens is 216 g/mol. The highest BCUT2D eigenvalue weighted by Gasteiger charge is 2.38. The summed E-state index contributed by atoms with van der Waals surface area (Å²) in [5.41, 5.74) is 0. The quantitative estimate of drug-likeness (QED) is 0.728. The summed E-state index contributed by atoms with van der Waals surface area (Å²) in [5.74, 6) is 1.18. The molecule has 0 aromatic carbocycles. The summed E-state index contributed by atoms with van der Waals surface area (Å²) in [5, 5.41) is 3.29. The third kappa shape index (κ3) is 2.20. The van der Waals surface area contributed by atoms with Gasteiger partial charge < -0.3 is 15.0 Å². The number of hydrogen-bond donors (Lipinski definition) is 1. The minimum absolute atomic E-state index is 0.217. The zero-order valence-corrected chi connectivity index (χ0v) is 10.4. The lowest BCUT2D eigenvalue weighted by molar-refractivity contribution is -0.137. The number of ether oxygens (including phenoxy) is 1. The molecule has 3 atom stereocenters. The fourth-order valence-electron chi connectivity index (χ4n) is 3.56. The number of carbonyl (C=O) groups excluding carboxylic acids is 1. The van der Waals surface area contributed by atoms with E-state index in [0.29, 0.717) is 17.9 Å². The minimum atomic E-state index is 0.217. The molecule has 1 saturated carbocycles. The van der Waals surface area contributed by atoms with Crippen molar-refractivity contribution in [3.63, 3.8) is 0 Å². The van der Waals surface area contributed by atoms with Crippen LogP contribution in [0.1, 0.15) is 25.7 Å². The molecule has 0 aromatic rings. The van der Waals surface area contributed by atoms with E-state index in [1.807, 2.05) is 0 Å². The van der Waals surface area contributed by atoms with Crippen LogP contribution >= 0.6 is 0 Å². The van der Waals surface area contributed by atoms with Crippen molar-refractivity contribution in [2.24, 2.45) is 11.8 Å². The van der Waals surface area contributed by atoms with Crippen molar-refractivity contribution in [1.29, 1.82) is 0 Å². The minimum Gasteiger partial charge on any atom is -0.379 e. The predicted molar refractivity (Wildman–Crippen MR) is 64.6 cm³/mol. The van der Waals surface area contributed by atoms with Crippen LogP contribution in [0, 0.1) is 11.8 Å². The molecule has 4 heteroatoms. The van der Waals surface area contributed by atoms with Gasteiger partial charge in [-0.05, 0) is 25.8 Å². The second-order valence-electron chi connectivity index (χ2n) is 5.55.